The lowest BCUT2D eigenvalue weighted by atomic mass is 10.1. The van der Waals surface area contributed by atoms with Crippen LogP contribution in [0.2, 0.25) is 0 Å². The number of ether oxygens (including phenoxy) is 1. The molecule has 0 spiro atoms. The zero-order valence-electron chi connectivity index (χ0n) is 19.0. The number of aliphatic imine (C=N–C) groups is 1. The number of amides is 3. The molecular formula is C23H33N5O4. The van der Waals surface area contributed by atoms with Crippen molar-refractivity contribution in [3.8, 4) is 5.75 Å². The molecule has 32 heavy (non-hydrogen) atoms. The summed E-state index contributed by atoms with van der Waals surface area (Å²) in [6.07, 6.45) is 5.14. The van der Waals surface area contributed by atoms with E-state index in [1.54, 1.807) is 11.9 Å². The SMILES string of the molecule is CCCCCCN(CC(=O)NC)C(=O)CCCOc1ccc2c(c1)CN1CC(=O)NC1=N2. The van der Waals surface area contributed by atoms with Gasteiger partial charge in [0.15, 0.2) is 0 Å². The fraction of sp³-hybridized carbons (Fsp3) is 0.565. The minimum atomic E-state index is -0.153. The number of carbonyl (C=O) groups excluding carboxylic acids is 3. The van der Waals surface area contributed by atoms with Gasteiger partial charge in [-0.3, -0.25) is 19.7 Å². The van der Waals surface area contributed by atoms with E-state index in [9.17, 15) is 14.4 Å². The molecule has 0 atom stereocenters. The summed E-state index contributed by atoms with van der Waals surface area (Å²) in [6, 6.07) is 5.67. The molecule has 3 amide bonds. The Hall–Kier alpha value is -3.10. The number of rotatable bonds is 12. The van der Waals surface area contributed by atoms with E-state index >= 15 is 0 Å². The van der Waals surface area contributed by atoms with E-state index in [1.807, 2.05) is 23.1 Å². The third-order valence-corrected chi connectivity index (χ3v) is 5.58. The molecule has 0 unspecified atom stereocenters. The van der Waals surface area contributed by atoms with Crippen molar-refractivity contribution < 1.29 is 19.1 Å². The van der Waals surface area contributed by atoms with Crippen molar-refractivity contribution >= 4 is 29.4 Å². The molecule has 0 aliphatic carbocycles. The van der Waals surface area contributed by atoms with Crippen molar-refractivity contribution in [2.75, 3.05) is 33.3 Å². The molecule has 2 aliphatic heterocycles. The number of carbonyl (C=O) groups is 3. The molecule has 1 fully saturated rings. The van der Waals surface area contributed by atoms with Crippen LogP contribution in [0, 0.1) is 0 Å². The molecule has 2 aliphatic rings. The van der Waals surface area contributed by atoms with Gasteiger partial charge in [0.2, 0.25) is 23.7 Å². The first kappa shape index (κ1) is 23.6. The van der Waals surface area contributed by atoms with E-state index < -0.39 is 0 Å². The summed E-state index contributed by atoms with van der Waals surface area (Å²) in [7, 11) is 1.58. The van der Waals surface area contributed by atoms with Gasteiger partial charge < -0.3 is 19.9 Å². The second kappa shape index (κ2) is 11.5. The summed E-state index contributed by atoms with van der Waals surface area (Å²) in [5, 5.41) is 5.34. The second-order valence-electron chi connectivity index (χ2n) is 8.13. The van der Waals surface area contributed by atoms with Crippen LogP contribution in [0.25, 0.3) is 0 Å². The van der Waals surface area contributed by atoms with Crippen LogP contribution in [0.1, 0.15) is 51.0 Å². The van der Waals surface area contributed by atoms with E-state index in [0.717, 1.165) is 42.7 Å². The van der Waals surface area contributed by atoms with Gasteiger partial charge in [0.05, 0.1) is 18.8 Å². The van der Waals surface area contributed by atoms with Crippen LogP contribution in [0.4, 0.5) is 5.69 Å². The van der Waals surface area contributed by atoms with Gasteiger partial charge in [-0.15, -0.1) is 0 Å². The Bertz CT molecular complexity index is 870. The summed E-state index contributed by atoms with van der Waals surface area (Å²) in [5.41, 5.74) is 1.83. The number of nitrogens with zero attached hydrogens (tertiary/aromatic N) is 3. The van der Waals surface area contributed by atoms with Crippen molar-refractivity contribution in [1.82, 2.24) is 20.4 Å². The van der Waals surface area contributed by atoms with Crippen molar-refractivity contribution in [3.05, 3.63) is 23.8 Å². The Morgan fingerprint density at radius 2 is 2.06 bits per heavy atom. The number of hydrogen-bond donors (Lipinski definition) is 2. The van der Waals surface area contributed by atoms with Crippen molar-refractivity contribution in [2.24, 2.45) is 4.99 Å². The molecule has 174 valence electrons. The monoisotopic (exact) mass is 443 g/mol. The molecule has 0 aromatic heterocycles. The third-order valence-electron chi connectivity index (χ3n) is 5.58. The maximum atomic E-state index is 12.6. The average Bonchev–Trinajstić information content (AvgIpc) is 3.15. The Morgan fingerprint density at radius 3 is 2.84 bits per heavy atom. The quantitative estimate of drug-likeness (QED) is 0.481. The van der Waals surface area contributed by atoms with Crippen LogP contribution in [0.3, 0.4) is 0 Å². The van der Waals surface area contributed by atoms with Crippen molar-refractivity contribution in [3.63, 3.8) is 0 Å². The minimum absolute atomic E-state index is 0.0211. The first-order chi connectivity index (χ1) is 15.5. The molecule has 0 radical (unpaired) electrons. The molecule has 1 aromatic rings. The number of hydrogen-bond acceptors (Lipinski definition) is 6. The van der Waals surface area contributed by atoms with Gasteiger partial charge >= 0.3 is 0 Å². The van der Waals surface area contributed by atoms with Gasteiger partial charge in [0.25, 0.3) is 0 Å². The summed E-state index contributed by atoms with van der Waals surface area (Å²) in [5.74, 6) is 1.10. The molecule has 1 saturated heterocycles. The third kappa shape index (κ3) is 6.45. The number of unbranched alkanes of at least 4 members (excludes halogenated alkanes) is 3. The van der Waals surface area contributed by atoms with E-state index in [2.05, 4.69) is 22.5 Å². The van der Waals surface area contributed by atoms with Crippen LogP contribution >= 0.6 is 0 Å². The predicted molar refractivity (Wildman–Crippen MR) is 122 cm³/mol. The standard InChI is InChI=1S/C23H33N5O4/c1-3-4-5-6-11-27(15-20(29)24-2)22(31)8-7-12-32-18-9-10-19-17(13-18)14-28-16-21(30)26-23(28)25-19/h9-10,13H,3-8,11-12,14-16H2,1-2H3,(H,24,29)(H,25,26,30). The van der Waals surface area contributed by atoms with E-state index in [0.29, 0.717) is 45.0 Å². The number of guanidine groups is 1. The lowest BCUT2D eigenvalue weighted by Gasteiger charge is -2.23. The normalized spacial score (nSPS) is 14.2. The molecular weight excluding hydrogens is 410 g/mol. The Labute approximate surface area is 189 Å². The lowest BCUT2D eigenvalue weighted by Crippen LogP contribution is -2.40. The van der Waals surface area contributed by atoms with E-state index in [1.165, 1.54) is 0 Å². The van der Waals surface area contributed by atoms with Gasteiger partial charge in [-0.05, 0) is 31.0 Å². The summed E-state index contributed by atoms with van der Waals surface area (Å²) < 4.78 is 5.85. The maximum absolute atomic E-state index is 12.6. The molecule has 1 aromatic carbocycles. The molecule has 9 heteroatoms. The first-order valence-electron chi connectivity index (χ1n) is 11.4. The Morgan fingerprint density at radius 1 is 1.22 bits per heavy atom. The highest BCUT2D eigenvalue weighted by Gasteiger charge is 2.29. The number of benzene rings is 1. The van der Waals surface area contributed by atoms with E-state index in [4.69, 9.17) is 4.74 Å². The van der Waals surface area contributed by atoms with Gasteiger partial charge in [-0.1, -0.05) is 26.2 Å². The first-order valence-corrected chi connectivity index (χ1v) is 11.4. The molecule has 0 bridgehead atoms. The summed E-state index contributed by atoms with van der Waals surface area (Å²) in [6.45, 7) is 4.18. The largest absolute Gasteiger partial charge is 0.494 e. The van der Waals surface area contributed by atoms with Crippen LogP contribution < -0.4 is 15.4 Å². The lowest BCUT2D eigenvalue weighted by molar-refractivity contribution is -0.136. The molecule has 3 rings (SSSR count). The highest BCUT2D eigenvalue weighted by Crippen LogP contribution is 2.30. The summed E-state index contributed by atoms with van der Waals surface area (Å²) >= 11 is 0. The zero-order chi connectivity index (χ0) is 22.9. The smallest absolute Gasteiger partial charge is 0.246 e. The number of likely N-dealkylation sites (N-methyl/N-ethyl adjacent to an activating group) is 1. The van der Waals surface area contributed by atoms with Crippen molar-refractivity contribution in [2.45, 2.75) is 52.0 Å². The van der Waals surface area contributed by atoms with Crippen LogP contribution in [0.5, 0.6) is 5.75 Å². The van der Waals surface area contributed by atoms with Gasteiger partial charge in [-0.25, -0.2) is 4.99 Å². The van der Waals surface area contributed by atoms with Gasteiger partial charge in [0.1, 0.15) is 12.3 Å². The summed E-state index contributed by atoms with van der Waals surface area (Å²) in [4.78, 5) is 44.0. The molecule has 2 N–H and O–H groups in total. The number of fused-ring (bicyclic) bond motifs is 2. The van der Waals surface area contributed by atoms with Gasteiger partial charge in [0, 0.05) is 32.1 Å². The van der Waals surface area contributed by atoms with Crippen LogP contribution in [-0.4, -0.2) is 66.8 Å². The second-order valence-corrected chi connectivity index (χ2v) is 8.13. The van der Waals surface area contributed by atoms with Crippen molar-refractivity contribution in [1.29, 1.82) is 0 Å². The molecule has 2 heterocycles. The average molecular weight is 444 g/mol. The topological polar surface area (TPSA) is 103 Å². The van der Waals surface area contributed by atoms with Crippen LogP contribution in [-0.2, 0) is 20.9 Å². The Balaban J connectivity index is 1.45. The highest BCUT2D eigenvalue weighted by molar-refractivity contribution is 6.05. The molecule has 0 saturated carbocycles. The highest BCUT2D eigenvalue weighted by atomic mass is 16.5. The fourth-order valence-electron chi connectivity index (χ4n) is 3.77. The zero-order valence-corrected chi connectivity index (χ0v) is 19.0. The minimum Gasteiger partial charge on any atom is -0.494 e. The van der Waals surface area contributed by atoms with Gasteiger partial charge in [-0.2, -0.15) is 0 Å². The fourth-order valence-corrected chi connectivity index (χ4v) is 3.77. The maximum Gasteiger partial charge on any atom is 0.246 e. The predicted octanol–water partition coefficient (Wildman–Crippen LogP) is 1.93. The molecule has 9 nitrogen and oxygen atoms in total. The van der Waals surface area contributed by atoms with Crippen LogP contribution in [0.15, 0.2) is 23.2 Å². The Kier molecular flexibility index (Phi) is 8.47. The van der Waals surface area contributed by atoms with E-state index in [-0.39, 0.29) is 24.3 Å². The number of nitrogens with one attached hydrogen (secondary N) is 2.